The number of aliphatic carboxylic acids is 1. The van der Waals surface area contributed by atoms with Crippen LogP contribution in [0.5, 0.6) is 0 Å². The van der Waals surface area contributed by atoms with E-state index >= 15 is 0 Å². The monoisotopic (exact) mass is 214 g/mol. The Bertz CT molecular complexity index is 217. The van der Waals surface area contributed by atoms with Crippen molar-refractivity contribution in [3.05, 3.63) is 0 Å². The fourth-order valence-corrected chi connectivity index (χ4v) is 2.43. The fourth-order valence-electron chi connectivity index (χ4n) is 2.43. The van der Waals surface area contributed by atoms with Crippen LogP contribution in [0.1, 0.15) is 26.7 Å². The number of hydrogen-bond donors (Lipinski definition) is 1. The molecule has 2 atom stereocenters. The Morgan fingerprint density at radius 1 is 1.47 bits per heavy atom. The first-order valence-corrected chi connectivity index (χ1v) is 5.77. The first-order chi connectivity index (χ1) is 7.10. The number of nitrogens with zero attached hydrogens (tertiary/aromatic N) is 2. The Kier molecular flexibility index (Phi) is 4.54. The molecule has 0 amide bonds. The summed E-state index contributed by atoms with van der Waals surface area (Å²) in [7, 11) is 1.90. The average molecular weight is 214 g/mol. The maximum atomic E-state index is 11.0. The van der Waals surface area contributed by atoms with Gasteiger partial charge in [0.1, 0.15) is 6.04 Å². The van der Waals surface area contributed by atoms with Crippen LogP contribution in [0.25, 0.3) is 0 Å². The van der Waals surface area contributed by atoms with Crippen LogP contribution in [0.4, 0.5) is 0 Å². The molecule has 0 bridgehead atoms. The molecule has 2 unspecified atom stereocenters. The Balaban J connectivity index is 2.60. The SMILES string of the molecule is CCN(CC)C1CCN(C)C(C(=O)O)C1. The third kappa shape index (κ3) is 2.92. The molecular formula is C11H22N2O2. The summed E-state index contributed by atoms with van der Waals surface area (Å²) in [5, 5.41) is 9.09. The van der Waals surface area contributed by atoms with E-state index in [9.17, 15) is 4.79 Å². The second-order valence-corrected chi connectivity index (χ2v) is 4.23. The van der Waals surface area contributed by atoms with Crippen LogP contribution in [-0.4, -0.2) is 59.6 Å². The van der Waals surface area contributed by atoms with Crippen molar-refractivity contribution in [3.63, 3.8) is 0 Å². The van der Waals surface area contributed by atoms with Crippen molar-refractivity contribution in [2.45, 2.75) is 38.8 Å². The highest BCUT2D eigenvalue weighted by atomic mass is 16.4. The van der Waals surface area contributed by atoms with Crippen LogP contribution >= 0.6 is 0 Å². The summed E-state index contributed by atoms with van der Waals surface area (Å²) in [5.41, 5.74) is 0. The van der Waals surface area contributed by atoms with E-state index in [-0.39, 0.29) is 6.04 Å². The van der Waals surface area contributed by atoms with Crippen LogP contribution < -0.4 is 0 Å². The summed E-state index contributed by atoms with van der Waals surface area (Å²) in [6, 6.07) is 0.140. The van der Waals surface area contributed by atoms with Crippen LogP contribution in [0.2, 0.25) is 0 Å². The van der Waals surface area contributed by atoms with Crippen LogP contribution in [0.15, 0.2) is 0 Å². The molecule has 15 heavy (non-hydrogen) atoms. The molecule has 0 aromatic rings. The van der Waals surface area contributed by atoms with Gasteiger partial charge in [-0.3, -0.25) is 9.69 Å². The maximum Gasteiger partial charge on any atom is 0.320 e. The minimum absolute atomic E-state index is 0.302. The Morgan fingerprint density at radius 2 is 2.07 bits per heavy atom. The van der Waals surface area contributed by atoms with Gasteiger partial charge in [0.2, 0.25) is 0 Å². The van der Waals surface area contributed by atoms with E-state index in [4.69, 9.17) is 5.11 Å². The van der Waals surface area contributed by atoms with E-state index in [0.717, 1.165) is 32.5 Å². The largest absolute Gasteiger partial charge is 0.480 e. The Labute approximate surface area is 91.9 Å². The van der Waals surface area contributed by atoms with Crippen LogP contribution in [0.3, 0.4) is 0 Å². The number of carboxylic acid groups (broad SMARTS) is 1. The predicted octanol–water partition coefficient (Wildman–Crippen LogP) is 0.876. The summed E-state index contributed by atoms with van der Waals surface area (Å²) < 4.78 is 0. The van der Waals surface area contributed by atoms with Gasteiger partial charge in [0.05, 0.1) is 0 Å². The molecule has 0 aromatic heterocycles. The zero-order valence-electron chi connectivity index (χ0n) is 9.94. The fraction of sp³-hybridized carbons (Fsp3) is 0.909. The van der Waals surface area contributed by atoms with Gasteiger partial charge in [0.25, 0.3) is 0 Å². The van der Waals surface area contributed by atoms with Gasteiger partial charge in [-0.25, -0.2) is 0 Å². The van der Waals surface area contributed by atoms with E-state index < -0.39 is 5.97 Å². The molecule has 1 rings (SSSR count). The third-order valence-corrected chi connectivity index (χ3v) is 3.46. The topological polar surface area (TPSA) is 43.8 Å². The summed E-state index contributed by atoms with van der Waals surface area (Å²) >= 11 is 0. The zero-order chi connectivity index (χ0) is 11.4. The maximum absolute atomic E-state index is 11.0. The number of piperidine rings is 1. The number of rotatable bonds is 4. The lowest BCUT2D eigenvalue weighted by atomic mass is 9.96. The highest BCUT2D eigenvalue weighted by Crippen LogP contribution is 2.20. The second kappa shape index (κ2) is 5.47. The zero-order valence-corrected chi connectivity index (χ0v) is 9.94. The molecule has 1 aliphatic rings. The van der Waals surface area contributed by atoms with Crippen molar-refractivity contribution in [1.29, 1.82) is 0 Å². The molecule has 1 fully saturated rings. The molecule has 4 heteroatoms. The number of carboxylic acids is 1. The molecule has 0 saturated carbocycles. The Morgan fingerprint density at radius 3 is 2.53 bits per heavy atom. The van der Waals surface area contributed by atoms with E-state index in [1.807, 2.05) is 11.9 Å². The van der Waals surface area contributed by atoms with Gasteiger partial charge in [0.15, 0.2) is 0 Å². The molecule has 4 nitrogen and oxygen atoms in total. The van der Waals surface area contributed by atoms with Gasteiger partial charge in [-0.1, -0.05) is 13.8 Å². The molecule has 0 aromatic carbocycles. The summed E-state index contributed by atoms with van der Waals surface area (Å²) in [5.74, 6) is -0.686. The van der Waals surface area contributed by atoms with Crippen molar-refractivity contribution in [1.82, 2.24) is 9.80 Å². The molecular weight excluding hydrogens is 192 g/mol. The standard InChI is InChI=1S/C11H22N2O2/c1-4-13(5-2)9-6-7-12(3)10(8-9)11(14)15/h9-10H,4-8H2,1-3H3,(H,14,15). The average Bonchev–Trinajstić information content (AvgIpc) is 2.21. The van der Waals surface area contributed by atoms with Gasteiger partial charge in [-0.05, 0) is 33.0 Å². The summed E-state index contributed by atoms with van der Waals surface area (Å²) in [6.07, 6.45) is 1.84. The van der Waals surface area contributed by atoms with Gasteiger partial charge < -0.3 is 10.0 Å². The number of hydrogen-bond acceptors (Lipinski definition) is 3. The third-order valence-electron chi connectivity index (χ3n) is 3.46. The molecule has 0 radical (unpaired) electrons. The smallest absolute Gasteiger partial charge is 0.320 e. The van der Waals surface area contributed by atoms with Gasteiger partial charge in [-0.2, -0.15) is 0 Å². The molecule has 0 aliphatic carbocycles. The predicted molar refractivity (Wildman–Crippen MR) is 60.0 cm³/mol. The van der Waals surface area contributed by atoms with Gasteiger partial charge in [0, 0.05) is 12.6 Å². The lowest BCUT2D eigenvalue weighted by molar-refractivity contribution is -0.145. The van der Waals surface area contributed by atoms with Gasteiger partial charge in [-0.15, -0.1) is 0 Å². The van der Waals surface area contributed by atoms with Crippen molar-refractivity contribution in [3.8, 4) is 0 Å². The van der Waals surface area contributed by atoms with Gasteiger partial charge >= 0.3 is 5.97 Å². The first-order valence-electron chi connectivity index (χ1n) is 5.77. The van der Waals surface area contributed by atoms with E-state index in [2.05, 4.69) is 18.7 Å². The van der Waals surface area contributed by atoms with E-state index in [1.54, 1.807) is 0 Å². The van der Waals surface area contributed by atoms with Crippen molar-refractivity contribution in [2.24, 2.45) is 0 Å². The lowest BCUT2D eigenvalue weighted by Crippen LogP contribution is -2.51. The van der Waals surface area contributed by atoms with Crippen molar-refractivity contribution in [2.75, 3.05) is 26.7 Å². The number of likely N-dealkylation sites (tertiary alicyclic amines) is 1. The first kappa shape index (κ1) is 12.5. The molecule has 1 aliphatic heterocycles. The number of likely N-dealkylation sites (N-methyl/N-ethyl adjacent to an activating group) is 1. The van der Waals surface area contributed by atoms with Crippen LogP contribution in [-0.2, 0) is 4.79 Å². The molecule has 1 heterocycles. The minimum Gasteiger partial charge on any atom is -0.480 e. The molecule has 1 saturated heterocycles. The van der Waals surface area contributed by atoms with Crippen molar-refractivity contribution < 1.29 is 9.90 Å². The van der Waals surface area contributed by atoms with E-state index in [0.29, 0.717) is 6.04 Å². The summed E-state index contributed by atoms with van der Waals surface area (Å²) in [6.45, 7) is 7.18. The van der Waals surface area contributed by atoms with E-state index in [1.165, 1.54) is 0 Å². The lowest BCUT2D eigenvalue weighted by Gasteiger charge is -2.39. The van der Waals surface area contributed by atoms with Crippen molar-refractivity contribution >= 4 is 5.97 Å². The van der Waals surface area contributed by atoms with Crippen LogP contribution in [0, 0.1) is 0 Å². The normalized spacial score (nSPS) is 28.3. The molecule has 1 N–H and O–H groups in total. The number of carbonyl (C=O) groups is 1. The second-order valence-electron chi connectivity index (χ2n) is 4.23. The summed E-state index contributed by atoms with van der Waals surface area (Å²) in [4.78, 5) is 15.4. The molecule has 0 spiro atoms. The highest BCUT2D eigenvalue weighted by molar-refractivity contribution is 5.73. The molecule has 88 valence electrons. The quantitative estimate of drug-likeness (QED) is 0.754. The minimum atomic E-state index is -0.686. The Hall–Kier alpha value is -0.610. The highest BCUT2D eigenvalue weighted by Gasteiger charge is 2.32.